The fourth-order valence-electron chi connectivity index (χ4n) is 3.99. The van der Waals surface area contributed by atoms with Crippen molar-refractivity contribution < 1.29 is 14.4 Å². The number of nitrogens with zero attached hydrogens (tertiary/aromatic N) is 3. The average molecular weight is 406 g/mol. The van der Waals surface area contributed by atoms with E-state index in [4.69, 9.17) is 0 Å². The number of anilines is 2. The van der Waals surface area contributed by atoms with E-state index in [1.165, 1.54) is 0 Å². The minimum absolute atomic E-state index is 0.0446. The molecule has 0 saturated carbocycles. The highest BCUT2D eigenvalue weighted by Gasteiger charge is 2.23. The Kier molecular flexibility index (Phi) is 5.70. The van der Waals surface area contributed by atoms with Crippen molar-refractivity contribution in [3.05, 3.63) is 59.7 Å². The third-order valence-electron chi connectivity index (χ3n) is 5.74. The molecule has 0 radical (unpaired) electrons. The highest BCUT2D eigenvalue weighted by Crippen LogP contribution is 2.24. The van der Waals surface area contributed by atoms with E-state index in [-0.39, 0.29) is 24.3 Å². The van der Waals surface area contributed by atoms with E-state index in [1.807, 2.05) is 25.2 Å². The summed E-state index contributed by atoms with van der Waals surface area (Å²) in [4.78, 5) is 42.7. The molecule has 2 aliphatic heterocycles. The van der Waals surface area contributed by atoms with Crippen LogP contribution in [0.1, 0.15) is 28.8 Å². The normalized spacial score (nSPS) is 16.3. The highest BCUT2D eigenvalue weighted by molar-refractivity contribution is 5.98. The van der Waals surface area contributed by atoms with Gasteiger partial charge in [0.25, 0.3) is 5.91 Å². The summed E-state index contributed by atoms with van der Waals surface area (Å²) in [7, 11) is 2.02. The Morgan fingerprint density at radius 3 is 2.50 bits per heavy atom. The lowest BCUT2D eigenvalue weighted by atomic mass is 10.1. The Morgan fingerprint density at radius 2 is 1.77 bits per heavy atom. The number of carbonyl (C=O) groups is 3. The van der Waals surface area contributed by atoms with Crippen LogP contribution in [0.5, 0.6) is 0 Å². The smallest absolute Gasteiger partial charge is 0.251 e. The molecule has 30 heavy (non-hydrogen) atoms. The molecule has 0 bridgehead atoms. The second-order valence-electron chi connectivity index (χ2n) is 7.74. The SMILES string of the molecule is CN1CCN(C(=O)CNC(=O)c2ccc(N3CCCC3=O)cc2)Cc2ccccc21. The van der Waals surface area contributed by atoms with Gasteiger partial charge in [0.05, 0.1) is 6.54 Å². The number of benzene rings is 2. The molecule has 2 aromatic rings. The van der Waals surface area contributed by atoms with E-state index in [1.54, 1.807) is 34.1 Å². The third kappa shape index (κ3) is 4.15. The molecule has 2 aliphatic rings. The van der Waals surface area contributed by atoms with Gasteiger partial charge < -0.3 is 20.0 Å². The largest absolute Gasteiger partial charge is 0.373 e. The van der Waals surface area contributed by atoms with Gasteiger partial charge in [-0.1, -0.05) is 18.2 Å². The van der Waals surface area contributed by atoms with Gasteiger partial charge in [0, 0.05) is 56.6 Å². The number of hydrogen-bond donors (Lipinski definition) is 1. The van der Waals surface area contributed by atoms with Crippen LogP contribution in [0, 0.1) is 0 Å². The van der Waals surface area contributed by atoms with Gasteiger partial charge in [-0.05, 0) is 42.3 Å². The predicted molar refractivity (Wildman–Crippen MR) is 115 cm³/mol. The van der Waals surface area contributed by atoms with Gasteiger partial charge in [-0.3, -0.25) is 14.4 Å². The molecule has 2 heterocycles. The van der Waals surface area contributed by atoms with Crippen LogP contribution in [0.15, 0.2) is 48.5 Å². The second-order valence-corrected chi connectivity index (χ2v) is 7.74. The maximum atomic E-state index is 12.7. The minimum atomic E-state index is -0.296. The molecular weight excluding hydrogens is 380 g/mol. The molecule has 156 valence electrons. The van der Waals surface area contributed by atoms with Crippen LogP contribution >= 0.6 is 0 Å². The van der Waals surface area contributed by atoms with Crippen LogP contribution in [-0.2, 0) is 16.1 Å². The van der Waals surface area contributed by atoms with E-state index >= 15 is 0 Å². The van der Waals surface area contributed by atoms with Crippen molar-refractivity contribution in [1.29, 1.82) is 0 Å². The summed E-state index contributed by atoms with van der Waals surface area (Å²) in [6.07, 6.45) is 1.43. The van der Waals surface area contributed by atoms with Gasteiger partial charge in [-0.15, -0.1) is 0 Å². The fraction of sp³-hybridized carbons (Fsp3) is 0.348. The summed E-state index contributed by atoms with van der Waals surface area (Å²) in [5, 5.41) is 2.73. The standard InChI is InChI=1S/C23H26N4O3/c1-25-13-14-26(16-18-5-2-3-6-20(18)25)22(29)15-24-23(30)17-8-10-19(11-9-17)27-12-4-7-21(27)28/h2-3,5-6,8-11H,4,7,12-16H2,1H3,(H,24,30). The Bertz CT molecular complexity index is 957. The zero-order valence-corrected chi connectivity index (χ0v) is 17.1. The van der Waals surface area contributed by atoms with E-state index in [0.717, 1.165) is 29.9 Å². The predicted octanol–water partition coefficient (Wildman–Crippen LogP) is 2.02. The topological polar surface area (TPSA) is 73.0 Å². The quantitative estimate of drug-likeness (QED) is 0.843. The zero-order valence-electron chi connectivity index (χ0n) is 17.1. The summed E-state index contributed by atoms with van der Waals surface area (Å²) in [5.41, 5.74) is 3.51. The van der Waals surface area contributed by atoms with Crippen molar-refractivity contribution in [2.45, 2.75) is 19.4 Å². The molecule has 0 aliphatic carbocycles. The number of hydrogen-bond acceptors (Lipinski definition) is 4. The van der Waals surface area contributed by atoms with Crippen molar-refractivity contribution in [3.63, 3.8) is 0 Å². The van der Waals surface area contributed by atoms with Crippen molar-refractivity contribution in [2.24, 2.45) is 0 Å². The van der Waals surface area contributed by atoms with Crippen LogP contribution in [0.2, 0.25) is 0 Å². The Labute approximate surface area is 176 Å². The van der Waals surface area contributed by atoms with Crippen molar-refractivity contribution in [2.75, 3.05) is 43.0 Å². The molecular formula is C23H26N4O3. The molecule has 1 fully saturated rings. The maximum Gasteiger partial charge on any atom is 0.251 e. The molecule has 0 unspecified atom stereocenters. The van der Waals surface area contributed by atoms with Crippen LogP contribution in [0.3, 0.4) is 0 Å². The fourth-order valence-corrected chi connectivity index (χ4v) is 3.99. The lowest BCUT2D eigenvalue weighted by Crippen LogP contribution is -2.41. The van der Waals surface area contributed by atoms with Crippen LogP contribution in [0.25, 0.3) is 0 Å². The first kappa shape index (κ1) is 19.9. The van der Waals surface area contributed by atoms with Crippen molar-refractivity contribution in [1.82, 2.24) is 10.2 Å². The zero-order chi connectivity index (χ0) is 21.1. The first-order valence-electron chi connectivity index (χ1n) is 10.3. The molecule has 1 saturated heterocycles. The Hall–Kier alpha value is -3.35. The lowest BCUT2D eigenvalue weighted by Gasteiger charge is -2.21. The number of carbonyl (C=O) groups excluding carboxylic acids is 3. The molecule has 7 heteroatoms. The van der Waals surface area contributed by atoms with Gasteiger partial charge in [-0.2, -0.15) is 0 Å². The minimum Gasteiger partial charge on any atom is -0.373 e. The highest BCUT2D eigenvalue weighted by atomic mass is 16.2. The molecule has 4 rings (SSSR count). The summed E-state index contributed by atoms with van der Waals surface area (Å²) >= 11 is 0. The van der Waals surface area contributed by atoms with Gasteiger partial charge in [0.2, 0.25) is 11.8 Å². The first-order valence-corrected chi connectivity index (χ1v) is 10.3. The van der Waals surface area contributed by atoms with E-state index in [2.05, 4.69) is 16.3 Å². The van der Waals surface area contributed by atoms with E-state index in [0.29, 0.717) is 31.6 Å². The molecule has 1 N–H and O–H groups in total. The summed E-state index contributed by atoms with van der Waals surface area (Å²) in [5.74, 6) is -0.287. The number of fused-ring (bicyclic) bond motifs is 1. The van der Waals surface area contributed by atoms with Crippen molar-refractivity contribution in [3.8, 4) is 0 Å². The molecule has 2 aromatic carbocycles. The van der Waals surface area contributed by atoms with E-state index in [9.17, 15) is 14.4 Å². The average Bonchev–Trinajstić information content (AvgIpc) is 3.12. The van der Waals surface area contributed by atoms with Crippen LogP contribution < -0.4 is 15.1 Å². The van der Waals surface area contributed by atoms with Gasteiger partial charge in [0.15, 0.2) is 0 Å². The Balaban J connectivity index is 1.34. The molecule has 7 nitrogen and oxygen atoms in total. The molecule has 0 atom stereocenters. The summed E-state index contributed by atoms with van der Waals surface area (Å²) < 4.78 is 0. The number of nitrogens with one attached hydrogen (secondary N) is 1. The van der Waals surface area contributed by atoms with E-state index < -0.39 is 0 Å². The maximum absolute atomic E-state index is 12.7. The first-order chi connectivity index (χ1) is 14.5. The second kappa shape index (κ2) is 8.57. The lowest BCUT2D eigenvalue weighted by molar-refractivity contribution is -0.130. The number of para-hydroxylation sites is 1. The third-order valence-corrected chi connectivity index (χ3v) is 5.74. The monoisotopic (exact) mass is 406 g/mol. The van der Waals surface area contributed by atoms with Gasteiger partial charge >= 0.3 is 0 Å². The van der Waals surface area contributed by atoms with Crippen LogP contribution in [0.4, 0.5) is 11.4 Å². The summed E-state index contributed by atoms with van der Waals surface area (Å²) in [6.45, 7) is 2.56. The van der Waals surface area contributed by atoms with Crippen LogP contribution in [-0.4, -0.2) is 55.8 Å². The van der Waals surface area contributed by atoms with Gasteiger partial charge in [-0.25, -0.2) is 0 Å². The Morgan fingerprint density at radius 1 is 1.00 bits per heavy atom. The molecule has 0 spiro atoms. The number of amides is 3. The number of rotatable bonds is 4. The molecule has 3 amide bonds. The van der Waals surface area contributed by atoms with Gasteiger partial charge in [0.1, 0.15) is 0 Å². The van der Waals surface area contributed by atoms with Crippen molar-refractivity contribution >= 4 is 29.1 Å². The summed E-state index contributed by atoms with van der Waals surface area (Å²) in [6, 6.07) is 15.0. The number of likely N-dealkylation sites (N-methyl/N-ethyl adjacent to an activating group) is 1. The molecule has 0 aromatic heterocycles.